The van der Waals surface area contributed by atoms with Gasteiger partial charge in [0.2, 0.25) is 0 Å². The van der Waals surface area contributed by atoms with Gasteiger partial charge in [0.15, 0.2) is 0 Å². The van der Waals surface area contributed by atoms with Gasteiger partial charge in [-0.1, -0.05) is 0 Å². The van der Waals surface area contributed by atoms with Crippen molar-refractivity contribution in [3.63, 3.8) is 0 Å². The summed E-state index contributed by atoms with van der Waals surface area (Å²) in [6, 6.07) is 0. The summed E-state index contributed by atoms with van der Waals surface area (Å²) in [5.41, 5.74) is 0. The average Bonchev–Trinajstić information content (AvgIpc) is 1.36. The molecule has 50 valence electrons. The van der Waals surface area contributed by atoms with Crippen molar-refractivity contribution < 1.29 is 10.8 Å². The molecule has 0 saturated carbocycles. The second kappa shape index (κ2) is 5.83. The summed E-state index contributed by atoms with van der Waals surface area (Å²) in [4.78, 5) is 0. The molecule has 0 aliphatic rings. The van der Waals surface area contributed by atoms with Gasteiger partial charge in [-0.3, -0.25) is 11.7 Å². The van der Waals surface area contributed by atoms with Gasteiger partial charge in [0.05, 0.1) is 0 Å². The van der Waals surface area contributed by atoms with E-state index in [0.717, 1.165) is 0 Å². The van der Waals surface area contributed by atoms with Crippen LogP contribution in [0, 0.1) is 0 Å². The SMILES string of the molecule is NN.[Cl][Ru]([Cl])([Cl])[Cl]. The molecule has 0 rings (SSSR count). The number of rotatable bonds is 0. The molecule has 0 heterocycles. The van der Waals surface area contributed by atoms with Gasteiger partial charge in [-0.15, -0.1) is 0 Å². The van der Waals surface area contributed by atoms with Crippen molar-refractivity contribution in [2.45, 2.75) is 0 Å². The van der Waals surface area contributed by atoms with E-state index in [0.29, 0.717) is 0 Å². The van der Waals surface area contributed by atoms with Crippen LogP contribution in [-0.4, -0.2) is 0 Å². The van der Waals surface area contributed by atoms with Crippen LogP contribution in [0.2, 0.25) is 0 Å². The van der Waals surface area contributed by atoms with Crippen LogP contribution in [-0.2, 0) is 10.8 Å². The molecule has 7 heteroatoms. The Morgan fingerprint density at radius 1 is 0.857 bits per heavy atom. The second-order valence-electron chi connectivity index (χ2n) is 0.303. The molecule has 2 nitrogen and oxygen atoms in total. The van der Waals surface area contributed by atoms with E-state index in [1.54, 1.807) is 0 Å². The van der Waals surface area contributed by atoms with Gasteiger partial charge in [0.25, 0.3) is 0 Å². The Labute approximate surface area is 61.0 Å². The third-order valence-corrected chi connectivity index (χ3v) is 0. The molecule has 0 fully saturated rings. The van der Waals surface area contributed by atoms with Crippen molar-refractivity contribution in [2.24, 2.45) is 11.7 Å². The topological polar surface area (TPSA) is 52.0 Å². The second-order valence-corrected chi connectivity index (χ2v) is 16.1. The first-order chi connectivity index (χ1) is 3.00. The molecule has 4 N–H and O–H groups in total. The van der Waals surface area contributed by atoms with Gasteiger partial charge < -0.3 is 0 Å². The normalized spacial score (nSPS) is 11.7. The third kappa shape index (κ3) is 86.4. The van der Waals surface area contributed by atoms with E-state index in [2.05, 4.69) is 11.7 Å². The fourth-order valence-electron chi connectivity index (χ4n) is 0. The van der Waals surface area contributed by atoms with Crippen molar-refractivity contribution in [1.82, 2.24) is 0 Å². The zero-order valence-corrected chi connectivity index (χ0v) is 7.78. The number of nitrogens with two attached hydrogens (primary N) is 2. The van der Waals surface area contributed by atoms with Crippen molar-refractivity contribution in [3.8, 4) is 0 Å². The van der Waals surface area contributed by atoms with Gasteiger partial charge in [-0.25, -0.2) is 0 Å². The minimum absolute atomic E-state index is 2.97. The first kappa shape index (κ1) is 11.5. The number of hydrazine groups is 1. The molecule has 0 atom stereocenters. The first-order valence-electron chi connectivity index (χ1n) is 0.868. The molecular weight excluding hydrogens is 271 g/mol. The monoisotopic (exact) mass is 274 g/mol. The van der Waals surface area contributed by atoms with Crippen molar-refractivity contribution >= 4 is 38.8 Å². The Kier molecular flexibility index (Phi) is 9.58. The molecule has 0 aromatic heterocycles. The van der Waals surface area contributed by atoms with Crippen LogP contribution in [0.4, 0.5) is 0 Å². The molecule has 0 aromatic carbocycles. The van der Waals surface area contributed by atoms with E-state index in [4.69, 9.17) is 38.8 Å². The molecule has 0 radical (unpaired) electrons. The zero-order valence-electron chi connectivity index (χ0n) is 3.02. The van der Waals surface area contributed by atoms with Crippen molar-refractivity contribution in [1.29, 1.82) is 0 Å². The molecular formula is H4Cl4N2Ru. The molecule has 0 amide bonds. The summed E-state index contributed by atoms with van der Waals surface area (Å²) in [5, 5.41) is 0. The van der Waals surface area contributed by atoms with Gasteiger partial charge >= 0.3 is 49.6 Å². The first-order valence-corrected chi connectivity index (χ1v) is 9.82. The standard InChI is InChI=1S/4ClH.H4N2.Ru/c;;;;1-2;/h4*1H;1-2H2;/q;;;;;+4/p-4. The molecule has 0 spiro atoms. The van der Waals surface area contributed by atoms with E-state index in [1.165, 1.54) is 0 Å². The summed E-state index contributed by atoms with van der Waals surface area (Å²) in [7, 11) is 17.0. The van der Waals surface area contributed by atoms with Crippen LogP contribution in [0.3, 0.4) is 0 Å². The van der Waals surface area contributed by atoms with E-state index in [9.17, 15) is 0 Å². The Bertz CT molecular complexity index is 25.2. The summed E-state index contributed by atoms with van der Waals surface area (Å²) >= 11 is 0. The quantitative estimate of drug-likeness (QED) is 0.400. The van der Waals surface area contributed by atoms with E-state index >= 15 is 0 Å². The Morgan fingerprint density at radius 3 is 0.857 bits per heavy atom. The molecule has 0 aliphatic carbocycles. The van der Waals surface area contributed by atoms with Crippen LogP contribution in [0.1, 0.15) is 0 Å². The van der Waals surface area contributed by atoms with Crippen LogP contribution in [0.5, 0.6) is 0 Å². The Morgan fingerprint density at radius 2 is 0.857 bits per heavy atom. The predicted octanol–water partition coefficient (Wildman–Crippen LogP) is 1.57. The van der Waals surface area contributed by atoms with Crippen LogP contribution < -0.4 is 11.7 Å². The summed E-state index contributed by atoms with van der Waals surface area (Å²) < 4.78 is 0. The van der Waals surface area contributed by atoms with Crippen LogP contribution >= 0.6 is 38.8 Å². The van der Waals surface area contributed by atoms with Gasteiger partial charge in [0.1, 0.15) is 0 Å². The van der Waals surface area contributed by atoms with E-state index in [1.807, 2.05) is 0 Å². The van der Waals surface area contributed by atoms with Crippen molar-refractivity contribution in [2.75, 3.05) is 0 Å². The fourth-order valence-corrected chi connectivity index (χ4v) is 0. The maximum atomic E-state index is 5.00. The summed E-state index contributed by atoms with van der Waals surface area (Å²) in [6.45, 7) is 0. The van der Waals surface area contributed by atoms with E-state index < -0.39 is 10.8 Å². The minimum atomic E-state index is -2.97. The molecule has 0 aromatic rings. The number of hydrogen-bond donors (Lipinski definition) is 2. The van der Waals surface area contributed by atoms with Crippen LogP contribution in [0.15, 0.2) is 0 Å². The Hall–Kier alpha value is 1.70. The van der Waals surface area contributed by atoms with E-state index in [-0.39, 0.29) is 0 Å². The Balaban J connectivity index is 0. The van der Waals surface area contributed by atoms with Crippen LogP contribution in [0.25, 0.3) is 0 Å². The number of halogens is 4. The van der Waals surface area contributed by atoms with Gasteiger partial charge in [0, 0.05) is 0 Å². The summed E-state index contributed by atoms with van der Waals surface area (Å²) in [5.74, 6) is 8.00. The number of hydrogen-bond acceptors (Lipinski definition) is 2. The maximum absolute atomic E-state index is 5.00. The summed E-state index contributed by atoms with van der Waals surface area (Å²) in [6.07, 6.45) is 0. The molecule has 0 aliphatic heterocycles. The van der Waals surface area contributed by atoms with Gasteiger partial charge in [-0.05, 0) is 0 Å². The molecule has 0 bridgehead atoms. The van der Waals surface area contributed by atoms with Gasteiger partial charge in [-0.2, -0.15) is 0 Å². The fraction of sp³-hybridized carbons (Fsp3) is 0. The average molecular weight is 275 g/mol. The molecule has 0 saturated heterocycles. The van der Waals surface area contributed by atoms with Crippen molar-refractivity contribution in [3.05, 3.63) is 0 Å². The zero-order chi connectivity index (χ0) is 6.50. The predicted molar refractivity (Wildman–Crippen MR) is 31.8 cm³/mol. The third-order valence-electron chi connectivity index (χ3n) is 0. The molecule has 0 unspecified atom stereocenters. The molecule has 7 heavy (non-hydrogen) atoms.